The van der Waals surface area contributed by atoms with Crippen molar-refractivity contribution in [2.24, 2.45) is 5.92 Å². The fourth-order valence-corrected chi connectivity index (χ4v) is 4.48. The molecule has 1 aromatic rings. The Labute approximate surface area is 143 Å². The number of fused-ring (bicyclic) bond motifs is 1. The van der Waals surface area contributed by atoms with Crippen LogP contribution >= 0.6 is 0 Å². The number of carbonyl (C=O) groups excluding carboxylic acids is 1. The highest BCUT2D eigenvalue weighted by Crippen LogP contribution is 2.29. The van der Waals surface area contributed by atoms with E-state index < -0.39 is 10.0 Å². The first-order valence-corrected chi connectivity index (χ1v) is 10.4. The largest absolute Gasteiger partial charge is 0.352 e. The first kappa shape index (κ1) is 17.2. The number of anilines is 1. The molecule has 1 saturated heterocycles. The maximum atomic E-state index is 12.4. The average Bonchev–Trinajstić information content (AvgIpc) is 2.58. The third-order valence-electron chi connectivity index (χ3n) is 4.77. The van der Waals surface area contributed by atoms with Gasteiger partial charge in [-0.2, -0.15) is 0 Å². The second-order valence-corrected chi connectivity index (χ2v) is 8.61. The summed E-state index contributed by atoms with van der Waals surface area (Å²) in [6, 6.07) is 5.31. The Morgan fingerprint density at radius 1 is 1.38 bits per heavy atom. The summed E-state index contributed by atoms with van der Waals surface area (Å²) in [6.45, 7) is 3.20. The number of sulfonamides is 1. The second-order valence-electron chi connectivity index (χ2n) is 6.70. The molecule has 1 unspecified atom stereocenters. The van der Waals surface area contributed by atoms with Crippen LogP contribution in [0.1, 0.15) is 35.2 Å². The van der Waals surface area contributed by atoms with E-state index in [1.54, 1.807) is 12.1 Å². The minimum absolute atomic E-state index is 0.0835. The number of amides is 1. The standard InChI is InChI=1S/C17H25N3O3S/c1-24(22,23)20-9-3-5-14-10-15(6-7-16(14)20)17(21)19-12-13-4-2-8-18-11-13/h6-7,10,13,18H,2-5,8-9,11-12H2,1H3,(H,19,21). The van der Waals surface area contributed by atoms with Crippen molar-refractivity contribution in [1.82, 2.24) is 10.6 Å². The lowest BCUT2D eigenvalue weighted by molar-refractivity contribution is 0.0944. The summed E-state index contributed by atoms with van der Waals surface area (Å²) in [5.41, 5.74) is 2.24. The number of piperidine rings is 1. The molecule has 1 amide bonds. The molecular formula is C17H25N3O3S. The Morgan fingerprint density at radius 3 is 2.92 bits per heavy atom. The second kappa shape index (κ2) is 7.11. The molecule has 2 N–H and O–H groups in total. The molecule has 2 heterocycles. The van der Waals surface area contributed by atoms with E-state index >= 15 is 0 Å². The zero-order chi connectivity index (χ0) is 17.2. The molecule has 0 aromatic heterocycles. The van der Waals surface area contributed by atoms with Gasteiger partial charge in [-0.05, 0) is 68.5 Å². The lowest BCUT2D eigenvalue weighted by Crippen LogP contribution is -2.38. The average molecular weight is 351 g/mol. The van der Waals surface area contributed by atoms with E-state index in [1.165, 1.54) is 10.6 Å². The molecule has 7 heteroatoms. The van der Waals surface area contributed by atoms with Crippen LogP contribution in [0.4, 0.5) is 5.69 Å². The minimum atomic E-state index is -3.27. The van der Waals surface area contributed by atoms with Gasteiger partial charge in [0.25, 0.3) is 5.91 Å². The van der Waals surface area contributed by atoms with E-state index in [4.69, 9.17) is 0 Å². The molecule has 2 aliphatic rings. The Hall–Kier alpha value is -1.60. The van der Waals surface area contributed by atoms with Gasteiger partial charge < -0.3 is 10.6 Å². The van der Waals surface area contributed by atoms with Crippen LogP contribution in [-0.2, 0) is 16.4 Å². The summed E-state index contributed by atoms with van der Waals surface area (Å²) in [7, 11) is -3.27. The zero-order valence-corrected chi connectivity index (χ0v) is 14.9. The van der Waals surface area contributed by atoms with Crippen LogP contribution in [-0.4, -0.2) is 46.8 Å². The van der Waals surface area contributed by atoms with Crippen molar-refractivity contribution in [3.05, 3.63) is 29.3 Å². The number of hydrogen-bond donors (Lipinski definition) is 2. The van der Waals surface area contributed by atoms with E-state index in [9.17, 15) is 13.2 Å². The maximum absolute atomic E-state index is 12.4. The molecule has 0 saturated carbocycles. The number of nitrogens with one attached hydrogen (secondary N) is 2. The molecule has 132 valence electrons. The van der Waals surface area contributed by atoms with Crippen LogP contribution < -0.4 is 14.9 Å². The monoisotopic (exact) mass is 351 g/mol. The molecule has 2 aliphatic heterocycles. The molecule has 6 nitrogen and oxygen atoms in total. The lowest BCUT2D eigenvalue weighted by Gasteiger charge is -2.29. The highest BCUT2D eigenvalue weighted by molar-refractivity contribution is 7.92. The molecule has 0 radical (unpaired) electrons. The first-order valence-electron chi connectivity index (χ1n) is 8.55. The molecule has 0 bridgehead atoms. The summed E-state index contributed by atoms with van der Waals surface area (Å²) in [4.78, 5) is 12.4. The van der Waals surface area contributed by atoms with Crippen LogP contribution in [0.25, 0.3) is 0 Å². The number of carbonyl (C=O) groups is 1. The van der Waals surface area contributed by atoms with Crippen molar-refractivity contribution in [3.63, 3.8) is 0 Å². The van der Waals surface area contributed by atoms with Crippen LogP contribution in [0.5, 0.6) is 0 Å². The van der Waals surface area contributed by atoms with Crippen molar-refractivity contribution >= 4 is 21.6 Å². The van der Waals surface area contributed by atoms with E-state index in [0.29, 0.717) is 30.3 Å². The van der Waals surface area contributed by atoms with Crippen molar-refractivity contribution in [2.45, 2.75) is 25.7 Å². The fourth-order valence-electron chi connectivity index (χ4n) is 3.49. The van der Waals surface area contributed by atoms with Gasteiger partial charge in [0.15, 0.2) is 0 Å². The number of benzene rings is 1. The van der Waals surface area contributed by atoms with Gasteiger partial charge in [0.05, 0.1) is 11.9 Å². The number of hydrogen-bond acceptors (Lipinski definition) is 4. The molecular weight excluding hydrogens is 326 g/mol. The molecule has 1 fully saturated rings. The minimum Gasteiger partial charge on any atom is -0.352 e. The van der Waals surface area contributed by atoms with E-state index in [-0.39, 0.29) is 5.91 Å². The molecule has 3 rings (SSSR count). The molecule has 1 atom stereocenters. The number of aryl methyl sites for hydroxylation is 1. The number of rotatable bonds is 4. The number of nitrogens with zero attached hydrogens (tertiary/aromatic N) is 1. The van der Waals surface area contributed by atoms with Gasteiger partial charge in [-0.1, -0.05) is 0 Å². The van der Waals surface area contributed by atoms with Gasteiger partial charge >= 0.3 is 0 Å². The summed E-state index contributed by atoms with van der Waals surface area (Å²) < 4.78 is 25.2. The highest BCUT2D eigenvalue weighted by atomic mass is 32.2. The Morgan fingerprint density at radius 2 is 2.21 bits per heavy atom. The molecule has 1 aromatic carbocycles. The molecule has 24 heavy (non-hydrogen) atoms. The highest BCUT2D eigenvalue weighted by Gasteiger charge is 2.24. The molecule has 0 spiro atoms. The predicted molar refractivity (Wildman–Crippen MR) is 94.9 cm³/mol. The first-order chi connectivity index (χ1) is 11.4. The Kier molecular flexibility index (Phi) is 5.10. The summed E-state index contributed by atoms with van der Waals surface area (Å²) in [5, 5.41) is 6.35. The fraction of sp³-hybridized carbons (Fsp3) is 0.588. The molecule has 0 aliphatic carbocycles. The third-order valence-corrected chi connectivity index (χ3v) is 5.95. The smallest absolute Gasteiger partial charge is 0.251 e. The normalized spacial score (nSPS) is 21.2. The zero-order valence-electron chi connectivity index (χ0n) is 14.0. The maximum Gasteiger partial charge on any atom is 0.251 e. The quantitative estimate of drug-likeness (QED) is 0.852. The van der Waals surface area contributed by atoms with Crippen molar-refractivity contribution < 1.29 is 13.2 Å². The lowest BCUT2D eigenvalue weighted by atomic mass is 9.99. The Bertz CT molecular complexity index is 712. The van der Waals surface area contributed by atoms with E-state index in [0.717, 1.165) is 44.3 Å². The summed E-state index contributed by atoms with van der Waals surface area (Å²) in [6.07, 6.45) is 5.09. The van der Waals surface area contributed by atoms with Crippen molar-refractivity contribution in [2.75, 3.05) is 36.7 Å². The van der Waals surface area contributed by atoms with Crippen LogP contribution in [0.2, 0.25) is 0 Å². The van der Waals surface area contributed by atoms with Crippen molar-refractivity contribution in [3.8, 4) is 0 Å². The van der Waals surface area contributed by atoms with Crippen LogP contribution in [0.3, 0.4) is 0 Å². The van der Waals surface area contributed by atoms with Crippen LogP contribution in [0.15, 0.2) is 18.2 Å². The summed E-state index contributed by atoms with van der Waals surface area (Å²) in [5.74, 6) is 0.404. The Balaban J connectivity index is 1.70. The van der Waals surface area contributed by atoms with Gasteiger partial charge in [-0.15, -0.1) is 0 Å². The van der Waals surface area contributed by atoms with Gasteiger partial charge in [0.2, 0.25) is 10.0 Å². The third kappa shape index (κ3) is 3.89. The van der Waals surface area contributed by atoms with Gasteiger partial charge in [0, 0.05) is 18.7 Å². The van der Waals surface area contributed by atoms with Gasteiger partial charge in [-0.25, -0.2) is 8.42 Å². The van der Waals surface area contributed by atoms with Gasteiger partial charge in [0.1, 0.15) is 0 Å². The van der Waals surface area contributed by atoms with E-state index in [2.05, 4.69) is 10.6 Å². The van der Waals surface area contributed by atoms with E-state index in [1.807, 2.05) is 6.07 Å². The predicted octanol–water partition coefficient (Wildman–Crippen LogP) is 1.13. The van der Waals surface area contributed by atoms with Crippen molar-refractivity contribution in [1.29, 1.82) is 0 Å². The topological polar surface area (TPSA) is 78.5 Å². The SMILES string of the molecule is CS(=O)(=O)N1CCCc2cc(C(=O)NCC3CCCNC3)ccc21. The van der Waals surface area contributed by atoms with Gasteiger partial charge in [-0.3, -0.25) is 9.10 Å². The van der Waals surface area contributed by atoms with Crippen LogP contribution in [0, 0.1) is 5.92 Å². The summed E-state index contributed by atoms with van der Waals surface area (Å²) >= 11 is 0.